The van der Waals surface area contributed by atoms with Gasteiger partial charge in [0.15, 0.2) is 6.29 Å². The van der Waals surface area contributed by atoms with Crippen LogP contribution in [-0.4, -0.2) is 44.8 Å². The Morgan fingerprint density at radius 2 is 1.65 bits per heavy atom. The van der Waals surface area contributed by atoms with E-state index in [4.69, 9.17) is 9.47 Å². The molecule has 1 aliphatic rings. The molecule has 1 saturated heterocycles. The number of ether oxygens (including phenoxy) is 2. The fraction of sp³-hybridized carbons (Fsp3) is 0.500. The highest BCUT2D eigenvalue weighted by molar-refractivity contribution is 7.84. The van der Waals surface area contributed by atoms with Gasteiger partial charge >= 0.3 is 0 Å². The van der Waals surface area contributed by atoms with Crippen LogP contribution in [0.15, 0.2) is 60.7 Å². The van der Waals surface area contributed by atoms with Gasteiger partial charge in [-0.2, -0.15) is 5.06 Å². The van der Waals surface area contributed by atoms with E-state index < -0.39 is 15.7 Å². The second kappa shape index (κ2) is 11.3. The van der Waals surface area contributed by atoms with Gasteiger partial charge in [0.25, 0.3) is 0 Å². The molecule has 3 rings (SSSR count). The van der Waals surface area contributed by atoms with Gasteiger partial charge in [0.2, 0.25) is 0 Å². The number of hydrogen-bond acceptors (Lipinski definition) is 5. The maximum Gasteiger partial charge on any atom is 0.157 e. The lowest BCUT2D eigenvalue weighted by Gasteiger charge is -2.35. The largest absolute Gasteiger partial charge is 0.350 e. The molecular formula is C24H34N2O4S. The van der Waals surface area contributed by atoms with Gasteiger partial charge in [-0.05, 0) is 38.3 Å². The highest BCUT2D eigenvalue weighted by Crippen LogP contribution is 2.28. The summed E-state index contributed by atoms with van der Waals surface area (Å²) in [6.07, 6.45) is 0.989. The molecule has 0 aliphatic carbocycles. The summed E-state index contributed by atoms with van der Waals surface area (Å²) in [6.45, 7) is 7.37. The topological polar surface area (TPSA) is 71.0 Å². The first-order valence-corrected chi connectivity index (χ1v) is 12.0. The quantitative estimate of drug-likeness (QED) is 0.536. The third-order valence-corrected chi connectivity index (χ3v) is 6.87. The van der Waals surface area contributed by atoms with Gasteiger partial charge in [0.05, 0.1) is 41.0 Å². The highest BCUT2D eigenvalue weighted by Gasteiger charge is 2.33. The molecule has 170 valence electrons. The standard InChI is InChI=1S/C24H34N2O4S/c1-24(2,3)31(28)25-23(20-12-8-5-9-13-20)21(14-15-22-29-16-17-30-22)26(27)18-19-10-6-4-7-11-19/h4-13,21-23,25,27H,14-18H2,1-3H3/t21-,23-,31?/m1/s1. The first kappa shape index (κ1) is 24.0. The van der Waals surface area contributed by atoms with Crippen LogP contribution in [0.1, 0.15) is 50.8 Å². The summed E-state index contributed by atoms with van der Waals surface area (Å²) >= 11 is 0. The average molecular weight is 447 g/mol. The van der Waals surface area contributed by atoms with Gasteiger partial charge in [-0.3, -0.25) is 0 Å². The Hall–Kier alpha value is -1.61. The lowest BCUT2D eigenvalue weighted by atomic mass is 9.95. The minimum atomic E-state index is -1.31. The van der Waals surface area contributed by atoms with Crippen molar-refractivity contribution < 1.29 is 18.9 Å². The van der Waals surface area contributed by atoms with Gasteiger partial charge < -0.3 is 14.7 Å². The van der Waals surface area contributed by atoms with Crippen LogP contribution in [0.25, 0.3) is 0 Å². The zero-order valence-corrected chi connectivity index (χ0v) is 19.4. The van der Waals surface area contributed by atoms with Crippen molar-refractivity contribution in [2.24, 2.45) is 0 Å². The molecule has 0 aromatic heterocycles. The fourth-order valence-corrected chi connectivity index (χ4v) is 4.45. The van der Waals surface area contributed by atoms with Crippen molar-refractivity contribution in [3.05, 3.63) is 71.8 Å². The molecule has 1 aliphatic heterocycles. The Bertz CT molecular complexity index is 807. The number of rotatable bonds is 10. The van der Waals surface area contributed by atoms with E-state index in [0.717, 1.165) is 11.1 Å². The van der Waals surface area contributed by atoms with Crippen molar-refractivity contribution in [2.45, 2.75) is 63.3 Å². The van der Waals surface area contributed by atoms with Gasteiger partial charge in [-0.25, -0.2) is 8.93 Å². The molecule has 1 unspecified atom stereocenters. The monoisotopic (exact) mass is 446 g/mol. The molecule has 0 saturated carbocycles. The van der Waals surface area contributed by atoms with E-state index in [9.17, 15) is 9.42 Å². The SMILES string of the molecule is CC(C)(C)S(=O)N[C@H](c1ccccc1)[C@@H](CCC1OCCO1)N(O)Cc1ccccc1. The van der Waals surface area contributed by atoms with Crippen molar-refractivity contribution in [1.82, 2.24) is 9.79 Å². The van der Waals surface area contributed by atoms with Crippen molar-refractivity contribution in [2.75, 3.05) is 13.2 Å². The molecule has 31 heavy (non-hydrogen) atoms. The number of hydrogen-bond donors (Lipinski definition) is 2. The van der Waals surface area contributed by atoms with E-state index in [1.807, 2.05) is 81.4 Å². The molecule has 1 heterocycles. The molecule has 0 amide bonds. The molecule has 0 spiro atoms. The van der Waals surface area contributed by atoms with Crippen molar-refractivity contribution in [1.29, 1.82) is 0 Å². The van der Waals surface area contributed by atoms with Crippen LogP contribution in [0, 0.1) is 0 Å². The minimum absolute atomic E-state index is 0.267. The van der Waals surface area contributed by atoms with E-state index in [1.165, 1.54) is 5.06 Å². The van der Waals surface area contributed by atoms with Crippen molar-refractivity contribution in [3.8, 4) is 0 Å². The Balaban J connectivity index is 1.87. The average Bonchev–Trinajstić information content (AvgIpc) is 3.27. The van der Waals surface area contributed by atoms with Crippen LogP contribution in [0.3, 0.4) is 0 Å². The number of benzene rings is 2. The van der Waals surface area contributed by atoms with Gasteiger partial charge in [-0.15, -0.1) is 0 Å². The fourth-order valence-electron chi connectivity index (χ4n) is 3.58. The maximum absolute atomic E-state index is 13.0. The summed E-state index contributed by atoms with van der Waals surface area (Å²) in [6, 6.07) is 19.1. The smallest absolute Gasteiger partial charge is 0.157 e. The maximum atomic E-state index is 13.0. The molecular weight excluding hydrogens is 412 g/mol. The Morgan fingerprint density at radius 3 is 2.23 bits per heavy atom. The summed E-state index contributed by atoms with van der Waals surface area (Å²) < 4.78 is 27.2. The van der Waals surface area contributed by atoms with E-state index in [2.05, 4.69) is 4.72 Å². The molecule has 7 heteroatoms. The number of nitrogens with zero attached hydrogens (tertiary/aromatic N) is 1. The first-order chi connectivity index (χ1) is 14.8. The van der Waals surface area contributed by atoms with Crippen molar-refractivity contribution in [3.63, 3.8) is 0 Å². The molecule has 1 fully saturated rings. The molecule has 2 aromatic carbocycles. The normalized spacial score (nSPS) is 18.2. The Labute approximate surface area is 188 Å². The first-order valence-electron chi connectivity index (χ1n) is 10.8. The summed E-state index contributed by atoms with van der Waals surface area (Å²) in [5, 5.41) is 12.6. The lowest BCUT2D eigenvalue weighted by Crippen LogP contribution is -2.46. The summed E-state index contributed by atoms with van der Waals surface area (Å²) in [4.78, 5) is 0. The van der Waals surface area contributed by atoms with Crippen LogP contribution in [0.2, 0.25) is 0 Å². The van der Waals surface area contributed by atoms with E-state index >= 15 is 0 Å². The zero-order valence-electron chi connectivity index (χ0n) is 18.6. The third-order valence-electron chi connectivity index (χ3n) is 5.29. The van der Waals surface area contributed by atoms with E-state index in [-0.39, 0.29) is 18.4 Å². The van der Waals surface area contributed by atoms with Crippen LogP contribution in [-0.2, 0) is 27.0 Å². The van der Waals surface area contributed by atoms with Crippen LogP contribution in [0.5, 0.6) is 0 Å². The third kappa shape index (κ3) is 7.20. The second-order valence-electron chi connectivity index (χ2n) is 8.79. The van der Waals surface area contributed by atoms with Gasteiger partial charge in [0.1, 0.15) is 0 Å². The minimum Gasteiger partial charge on any atom is -0.350 e. The molecule has 2 N–H and O–H groups in total. The second-order valence-corrected chi connectivity index (χ2v) is 10.8. The van der Waals surface area contributed by atoms with Gasteiger partial charge in [0, 0.05) is 13.0 Å². The van der Waals surface area contributed by atoms with Crippen LogP contribution >= 0.6 is 0 Å². The molecule has 3 atom stereocenters. The predicted octanol–water partition coefficient (Wildman–Crippen LogP) is 4.19. The molecule has 6 nitrogen and oxygen atoms in total. The number of nitrogens with one attached hydrogen (secondary N) is 1. The Morgan fingerprint density at radius 1 is 1.06 bits per heavy atom. The van der Waals surface area contributed by atoms with Crippen molar-refractivity contribution >= 4 is 11.0 Å². The van der Waals surface area contributed by atoms with Crippen LogP contribution in [0.4, 0.5) is 0 Å². The van der Waals surface area contributed by atoms with E-state index in [1.54, 1.807) is 0 Å². The highest BCUT2D eigenvalue weighted by atomic mass is 32.2. The molecule has 0 radical (unpaired) electrons. The Kier molecular flexibility index (Phi) is 8.77. The molecule has 2 aromatic rings. The van der Waals surface area contributed by atoms with E-state index in [0.29, 0.717) is 32.6 Å². The predicted molar refractivity (Wildman–Crippen MR) is 123 cm³/mol. The summed E-state index contributed by atoms with van der Waals surface area (Å²) in [7, 11) is -1.31. The lowest BCUT2D eigenvalue weighted by molar-refractivity contribution is -0.150. The van der Waals surface area contributed by atoms with Crippen LogP contribution < -0.4 is 4.72 Å². The summed E-state index contributed by atoms with van der Waals surface area (Å²) in [5.74, 6) is 0. The molecule has 0 bridgehead atoms. The summed E-state index contributed by atoms with van der Waals surface area (Å²) in [5.41, 5.74) is 1.98. The number of hydroxylamine groups is 2. The van der Waals surface area contributed by atoms with Gasteiger partial charge in [-0.1, -0.05) is 60.7 Å². The zero-order chi connectivity index (χ0) is 22.3.